The topological polar surface area (TPSA) is 26.0 Å². The second-order valence-electron chi connectivity index (χ2n) is 14.1. The van der Waals surface area contributed by atoms with Gasteiger partial charge in [0.15, 0.2) is 0 Å². The van der Waals surface area contributed by atoms with E-state index in [1.54, 1.807) is 0 Å². The molecular formula is C49H33NS. The third kappa shape index (κ3) is 4.03. The Hall–Kier alpha value is -5.93. The second kappa shape index (κ2) is 10.5. The van der Waals surface area contributed by atoms with Crippen molar-refractivity contribution in [1.82, 2.24) is 0 Å². The van der Waals surface area contributed by atoms with Crippen LogP contribution in [0.5, 0.6) is 0 Å². The zero-order chi connectivity index (χ0) is 33.8. The summed E-state index contributed by atoms with van der Waals surface area (Å²) < 4.78 is 0. The maximum absolute atomic E-state index is 7.53. The van der Waals surface area contributed by atoms with Gasteiger partial charge in [0.1, 0.15) is 0 Å². The number of nitrogens with two attached hydrogens (primary N) is 1. The lowest BCUT2D eigenvalue weighted by molar-refractivity contribution is 1.45. The smallest absolute Gasteiger partial charge is 0.0145 e. The number of hydrogen-bond acceptors (Lipinski definition) is 1. The fourth-order valence-electron chi connectivity index (χ4n) is 8.98. The Labute approximate surface area is 298 Å². The molecule has 0 radical (unpaired) electrons. The van der Waals surface area contributed by atoms with Crippen molar-refractivity contribution in [3.63, 3.8) is 0 Å². The largest absolute Gasteiger partial charge is 0.287 e. The third-order valence-electron chi connectivity index (χ3n) is 11.3. The summed E-state index contributed by atoms with van der Waals surface area (Å²) in [4.78, 5) is 2.51. The predicted octanol–water partition coefficient (Wildman–Crippen LogP) is 13.6. The zero-order valence-electron chi connectivity index (χ0n) is 28.2. The summed E-state index contributed by atoms with van der Waals surface area (Å²) >= 11 is 0. The van der Waals surface area contributed by atoms with Gasteiger partial charge < -0.3 is 0 Å². The van der Waals surface area contributed by atoms with E-state index in [4.69, 9.17) is 5.14 Å². The van der Waals surface area contributed by atoms with Crippen molar-refractivity contribution in [1.29, 1.82) is 0 Å². The van der Waals surface area contributed by atoms with Gasteiger partial charge in [0.2, 0.25) is 0 Å². The van der Waals surface area contributed by atoms with Gasteiger partial charge in [-0.25, -0.2) is 0 Å². The van der Waals surface area contributed by atoms with Crippen LogP contribution in [0, 0.1) is 0 Å². The molecule has 1 aliphatic rings. The molecule has 0 saturated carbocycles. The minimum absolute atomic E-state index is 1.21. The highest BCUT2D eigenvalue weighted by Gasteiger charge is 2.33. The maximum Gasteiger partial charge on any atom is 0.0145 e. The molecule has 1 atom stereocenters. The first kappa shape index (κ1) is 28.9. The molecule has 2 N–H and O–H groups in total. The summed E-state index contributed by atoms with van der Waals surface area (Å²) in [5.41, 5.74) is 9.99. The molecule has 0 saturated heterocycles. The Morgan fingerprint density at radius 1 is 0.353 bits per heavy atom. The Balaban J connectivity index is 1.09. The van der Waals surface area contributed by atoms with Crippen LogP contribution < -0.4 is 5.14 Å². The first-order chi connectivity index (χ1) is 25.1. The number of benzene rings is 10. The van der Waals surface area contributed by atoms with E-state index in [0.717, 1.165) is 0 Å². The summed E-state index contributed by atoms with van der Waals surface area (Å²) in [6.07, 6.45) is 2.27. The lowest BCUT2D eigenvalue weighted by atomic mass is 9.85. The van der Waals surface area contributed by atoms with Crippen LogP contribution in [-0.4, -0.2) is 6.26 Å². The van der Waals surface area contributed by atoms with E-state index in [0.29, 0.717) is 0 Å². The maximum atomic E-state index is 7.53. The summed E-state index contributed by atoms with van der Waals surface area (Å²) in [5.74, 6) is 0. The molecule has 0 spiro atoms. The van der Waals surface area contributed by atoms with Crippen LogP contribution in [0.3, 0.4) is 0 Å². The fourth-order valence-corrected chi connectivity index (χ4v) is 11.2. The Morgan fingerprint density at radius 2 is 0.824 bits per heavy atom. The lowest BCUT2D eigenvalue weighted by Crippen LogP contribution is -2.07. The molecule has 1 unspecified atom stereocenters. The van der Waals surface area contributed by atoms with Crippen LogP contribution in [0.1, 0.15) is 0 Å². The van der Waals surface area contributed by atoms with Crippen molar-refractivity contribution in [3.05, 3.63) is 170 Å². The molecule has 0 aliphatic carbocycles. The summed E-state index contributed by atoms with van der Waals surface area (Å²) in [7, 11) is -1.79. The van der Waals surface area contributed by atoms with E-state index in [1.807, 2.05) is 0 Å². The summed E-state index contributed by atoms with van der Waals surface area (Å²) in [6, 6.07) is 62.8. The highest BCUT2D eigenvalue weighted by Crippen LogP contribution is 2.66. The van der Waals surface area contributed by atoms with Gasteiger partial charge in [-0.2, -0.15) is 0 Å². The minimum Gasteiger partial charge on any atom is -0.287 e. The van der Waals surface area contributed by atoms with Gasteiger partial charge in [-0.1, -0.05) is 158 Å². The van der Waals surface area contributed by atoms with Gasteiger partial charge >= 0.3 is 0 Å². The van der Waals surface area contributed by atoms with Crippen molar-refractivity contribution >= 4 is 64.1 Å². The number of rotatable bonds is 3. The van der Waals surface area contributed by atoms with Gasteiger partial charge in [-0.05, 0) is 117 Å². The molecule has 1 nitrogen and oxygen atoms in total. The molecule has 10 aromatic carbocycles. The molecule has 11 rings (SSSR count). The van der Waals surface area contributed by atoms with Crippen molar-refractivity contribution in [2.75, 3.05) is 6.26 Å². The minimum atomic E-state index is -1.79. The van der Waals surface area contributed by atoms with Crippen LogP contribution in [0.2, 0.25) is 0 Å². The van der Waals surface area contributed by atoms with E-state index in [-0.39, 0.29) is 0 Å². The Bertz CT molecular complexity index is 2970. The first-order valence-electron chi connectivity index (χ1n) is 17.6. The highest BCUT2D eigenvalue weighted by atomic mass is 32.3. The Kier molecular flexibility index (Phi) is 5.96. The molecule has 10 aromatic rings. The van der Waals surface area contributed by atoms with Gasteiger partial charge in [-0.3, -0.25) is 5.14 Å². The van der Waals surface area contributed by atoms with E-state index in [9.17, 15) is 0 Å². The zero-order valence-corrected chi connectivity index (χ0v) is 29.0. The molecule has 240 valence electrons. The molecule has 0 fully saturated rings. The average molecular weight is 668 g/mol. The SMILES string of the molecule is CS1(N)c2cc(-c3c4ccccc4c(-c4ccccc4)c4ccccc34)ccc2-c2ccc(-c3ccc4ccc5cccc6ccc3c4c56)cc21. The van der Waals surface area contributed by atoms with Crippen molar-refractivity contribution < 1.29 is 0 Å². The van der Waals surface area contributed by atoms with Gasteiger partial charge in [-0.15, -0.1) is 10.2 Å². The van der Waals surface area contributed by atoms with E-state index >= 15 is 0 Å². The van der Waals surface area contributed by atoms with E-state index in [2.05, 4.69) is 176 Å². The van der Waals surface area contributed by atoms with Crippen LogP contribution in [0.4, 0.5) is 0 Å². The second-order valence-corrected chi connectivity index (χ2v) is 16.9. The van der Waals surface area contributed by atoms with Crippen LogP contribution in [-0.2, 0) is 0 Å². The highest BCUT2D eigenvalue weighted by molar-refractivity contribution is 8.31. The standard InChI is InChI=1S/C49H33NS/c1-51(50)44-28-34(36-24-20-33-19-18-31-12-9-13-32-21-27-43(36)49(33)46(31)32)22-25-37(44)38-26-23-35(29-45(38)51)48-41-16-7-5-14-39(41)47(30-10-3-2-4-11-30)40-15-6-8-17-42(40)48/h2-29H,50H2,1H3. The third-order valence-corrected chi connectivity index (χ3v) is 13.8. The van der Waals surface area contributed by atoms with Crippen LogP contribution >= 0.6 is 10.2 Å². The molecule has 1 heterocycles. The molecule has 0 amide bonds. The Morgan fingerprint density at radius 3 is 1.45 bits per heavy atom. The normalized spacial score (nSPS) is 16.6. The number of hydrogen-bond donors (Lipinski definition) is 1. The molecule has 2 heteroatoms. The lowest BCUT2D eigenvalue weighted by Gasteiger charge is -2.29. The predicted molar refractivity (Wildman–Crippen MR) is 221 cm³/mol. The fraction of sp³-hybridized carbons (Fsp3) is 0.0204. The number of fused-ring (bicyclic) bond motifs is 5. The molecule has 0 bridgehead atoms. The quantitative estimate of drug-likeness (QED) is 0.147. The molecular weight excluding hydrogens is 635 g/mol. The summed E-state index contributed by atoms with van der Waals surface area (Å²) in [5, 5.41) is 20.4. The van der Waals surface area contributed by atoms with Crippen LogP contribution in [0.15, 0.2) is 180 Å². The first-order valence-corrected chi connectivity index (χ1v) is 19.7. The molecule has 1 aliphatic heterocycles. The van der Waals surface area contributed by atoms with E-state index in [1.165, 1.54) is 108 Å². The van der Waals surface area contributed by atoms with Gasteiger partial charge in [0.05, 0.1) is 0 Å². The average Bonchev–Trinajstić information content (AvgIpc) is 3.41. The molecule has 51 heavy (non-hydrogen) atoms. The van der Waals surface area contributed by atoms with Gasteiger partial charge in [0, 0.05) is 9.79 Å². The van der Waals surface area contributed by atoms with E-state index < -0.39 is 10.2 Å². The monoisotopic (exact) mass is 667 g/mol. The van der Waals surface area contributed by atoms with Gasteiger partial charge in [0.25, 0.3) is 0 Å². The molecule has 0 aromatic heterocycles. The van der Waals surface area contributed by atoms with Crippen molar-refractivity contribution in [3.8, 4) is 44.5 Å². The van der Waals surface area contributed by atoms with Crippen molar-refractivity contribution in [2.45, 2.75) is 9.79 Å². The summed E-state index contributed by atoms with van der Waals surface area (Å²) in [6.45, 7) is 0. The van der Waals surface area contributed by atoms with Crippen LogP contribution in [0.25, 0.3) is 98.4 Å². The van der Waals surface area contributed by atoms with Crippen molar-refractivity contribution in [2.24, 2.45) is 5.14 Å².